The summed E-state index contributed by atoms with van der Waals surface area (Å²) in [6.45, 7) is 2.06. The molecule has 1 aromatic heterocycles. The normalized spacial score (nSPS) is 18.2. The van der Waals surface area contributed by atoms with E-state index in [1.165, 1.54) is 11.6 Å². The van der Waals surface area contributed by atoms with Gasteiger partial charge in [0.1, 0.15) is 12.4 Å². The number of hydrogen-bond donors (Lipinski definition) is 1. The van der Waals surface area contributed by atoms with Crippen LogP contribution in [0.4, 0.5) is 4.39 Å². The molecular weight excluding hydrogens is 315 g/mol. The van der Waals surface area contributed by atoms with Crippen LogP contribution in [0, 0.1) is 10.6 Å². The molecular formula is C16H19FN4OS. The summed E-state index contributed by atoms with van der Waals surface area (Å²) in [4.78, 5) is 2.21. The third-order valence-corrected chi connectivity index (χ3v) is 5.00. The summed E-state index contributed by atoms with van der Waals surface area (Å²) in [5.41, 5.74) is 2.25. The fourth-order valence-electron chi connectivity index (χ4n) is 3.26. The van der Waals surface area contributed by atoms with Crippen LogP contribution in [0.3, 0.4) is 0 Å². The van der Waals surface area contributed by atoms with Gasteiger partial charge < -0.3 is 5.11 Å². The standard InChI is InChI=1S/C16H19FN4OS/c17-13-2-1-11-5-6-19(8-12(11)7-13)10-20-16(23)21(14-3-4-14)15(9-22)18-20/h1-2,7,14,22H,3-6,8-10H2. The predicted molar refractivity (Wildman–Crippen MR) is 85.8 cm³/mol. The molecule has 122 valence electrons. The second-order valence-electron chi connectivity index (χ2n) is 6.31. The molecule has 2 aliphatic rings. The smallest absolute Gasteiger partial charge is 0.199 e. The van der Waals surface area contributed by atoms with Crippen LogP contribution in [0.2, 0.25) is 0 Å². The Balaban J connectivity index is 1.56. The molecule has 23 heavy (non-hydrogen) atoms. The van der Waals surface area contributed by atoms with Gasteiger partial charge in [-0.1, -0.05) is 6.07 Å². The highest BCUT2D eigenvalue weighted by Crippen LogP contribution is 2.36. The van der Waals surface area contributed by atoms with Crippen LogP contribution in [0.15, 0.2) is 18.2 Å². The first kappa shape index (κ1) is 15.0. The van der Waals surface area contributed by atoms with Crippen molar-refractivity contribution in [1.29, 1.82) is 0 Å². The van der Waals surface area contributed by atoms with E-state index in [9.17, 15) is 9.50 Å². The van der Waals surface area contributed by atoms with Crippen LogP contribution in [0.1, 0.15) is 35.8 Å². The lowest BCUT2D eigenvalue weighted by molar-refractivity contribution is 0.186. The average molecular weight is 334 g/mol. The minimum absolute atomic E-state index is 0.0960. The minimum Gasteiger partial charge on any atom is -0.388 e. The van der Waals surface area contributed by atoms with E-state index in [4.69, 9.17) is 12.2 Å². The number of aliphatic hydroxyl groups excluding tert-OH is 1. The zero-order chi connectivity index (χ0) is 16.0. The molecule has 0 spiro atoms. The van der Waals surface area contributed by atoms with E-state index in [-0.39, 0.29) is 12.4 Å². The van der Waals surface area contributed by atoms with Crippen molar-refractivity contribution in [2.75, 3.05) is 6.54 Å². The van der Waals surface area contributed by atoms with Crippen molar-refractivity contribution in [3.63, 3.8) is 0 Å². The Morgan fingerprint density at radius 1 is 1.30 bits per heavy atom. The molecule has 0 unspecified atom stereocenters. The Morgan fingerprint density at radius 2 is 2.13 bits per heavy atom. The first-order chi connectivity index (χ1) is 11.2. The molecule has 5 nitrogen and oxygen atoms in total. The summed E-state index contributed by atoms with van der Waals surface area (Å²) >= 11 is 5.53. The quantitative estimate of drug-likeness (QED) is 0.872. The summed E-state index contributed by atoms with van der Waals surface area (Å²) in [6.07, 6.45) is 3.10. The molecule has 0 amide bonds. The molecule has 4 rings (SSSR count). The molecule has 0 bridgehead atoms. The summed E-state index contributed by atoms with van der Waals surface area (Å²) < 4.78 is 17.9. The van der Waals surface area contributed by atoms with E-state index >= 15 is 0 Å². The van der Waals surface area contributed by atoms with E-state index < -0.39 is 0 Å². The predicted octanol–water partition coefficient (Wildman–Crippen LogP) is 2.40. The Hall–Kier alpha value is -1.57. The number of hydrogen-bond acceptors (Lipinski definition) is 4. The van der Waals surface area contributed by atoms with Crippen molar-refractivity contribution in [1.82, 2.24) is 19.2 Å². The molecule has 1 N–H and O–H groups in total. The molecule has 2 heterocycles. The van der Waals surface area contributed by atoms with E-state index in [0.717, 1.165) is 31.4 Å². The number of aromatic nitrogens is 3. The van der Waals surface area contributed by atoms with Crippen LogP contribution in [0.5, 0.6) is 0 Å². The van der Waals surface area contributed by atoms with Gasteiger partial charge in [0.05, 0.1) is 6.67 Å². The molecule has 2 aromatic rings. The van der Waals surface area contributed by atoms with Gasteiger partial charge in [-0.3, -0.25) is 9.47 Å². The summed E-state index contributed by atoms with van der Waals surface area (Å²) in [5.74, 6) is 0.448. The maximum absolute atomic E-state index is 13.4. The van der Waals surface area contributed by atoms with Crippen LogP contribution >= 0.6 is 12.2 Å². The Labute approximate surface area is 139 Å². The molecule has 7 heteroatoms. The number of benzene rings is 1. The molecule has 1 aliphatic carbocycles. The molecule has 1 saturated carbocycles. The van der Waals surface area contributed by atoms with Gasteiger partial charge in [0.2, 0.25) is 0 Å². The van der Waals surface area contributed by atoms with Crippen molar-refractivity contribution in [2.45, 2.75) is 45.1 Å². The maximum Gasteiger partial charge on any atom is 0.199 e. The van der Waals surface area contributed by atoms with Gasteiger partial charge in [0.15, 0.2) is 10.6 Å². The maximum atomic E-state index is 13.4. The molecule has 1 aliphatic heterocycles. The van der Waals surface area contributed by atoms with Crippen molar-refractivity contribution >= 4 is 12.2 Å². The van der Waals surface area contributed by atoms with Crippen molar-refractivity contribution < 1.29 is 9.50 Å². The number of halogens is 1. The first-order valence-corrected chi connectivity index (χ1v) is 8.35. The van der Waals surface area contributed by atoms with Gasteiger partial charge in [-0.05, 0) is 54.7 Å². The Morgan fingerprint density at radius 3 is 2.87 bits per heavy atom. The first-order valence-electron chi connectivity index (χ1n) is 7.94. The summed E-state index contributed by atoms with van der Waals surface area (Å²) in [7, 11) is 0. The topological polar surface area (TPSA) is 46.2 Å². The number of rotatable bonds is 4. The fraction of sp³-hybridized carbons (Fsp3) is 0.500. The van der Waals surface area contributed by atoms with E-state index in [0.29, 0.717) is 29.9 Å². The van der Waals surface area contributed by atoms with Crippen molar-refractivity contribution in [2.24, 2.45) is 0 Å². The lowest BCUT2D eigenvalue weighted by Gasteiger charge is -2.28. The third kappa shape index (κ3) is 2.84. The molecule has 0 atom stereocenters. The molecule has 1 aromatic carbocycles. The van der Waals surface area contributed by atoms with Gasteiger partial charge in [0.25, 0.3) is 0 Å². The van der Waals surface area contributed by atoms with E-state index in [1.807, 2.05) is 10.6 Å². The Bertz CT molecular complexity index is 796. The largest absolute Gasteiger partial charge is 0.388 e. The lowest BCUT2D eigenvalue weighted by atomic mass is 10.00. The lowest BCUT2D eigenvalue weighted by Crippen LogP contribution is -2.33. The van der Waals surface area contributed by atoms with Crippen LogP contribution in [0.25, 0.3) is 0 Å². The summed E-state index contributed by atoms with van der Waals surface area (Å²) in [6, 6.07) is 5.41. The number of fused-ring (bicyclic) bond motifs is 1. The SMILES string of the molecule is OCc1nn(CN2CCc3ccc(F)cc3C2)c(=S)n1C1CC1. The highest BCUT2D eigenvalue weighted by atomic mass is 32.1. The third-order valence-electron chi connectivity index (χ3n) is 4.59. The van der Waals surface area contributed by atoms with Crippen LogP contribution in [-0.2, 0) is 26.2 Å². The van der Waals surface area contributed by atoms with Gasteiger partial charge in [-0.25, -0.2) is 9.07 Å². The highest BCUT2D eigenvalue weighted by molar-refractivity contribution is 7.71. The monoisotopic (exact) mass is 334 g/mol. The summed E-state index contributed by atoms with van der Waals surface area (Å²) in [5, 5.41) is 14.0. The van der Waals surface area contributed by atoms with Crippen LogP contribution in [-0.4, -0.2) is 30.9 Å². The second kappa shape index (κ2) is 5.81. The van der Waals surface area contributed by atoms with Gasteiger partial charge in [-0.15, -0.1) is 0 Å². The fourth-order valence-corrected chi connectivity index (χ4v) is 3.61. The molecule has 1 fully saturated rings. The average Bonchev–Trinajstić information content (AvgIpc) is 3.33. The number of nitrogens with zero attached hydrogens (tertiary/aromatic N) is 4. The Kier molecular flexibility index (Phi) is 3.79. The van der Waals surface area contributed by atoms with E-state index in [1.54, 1.807) is 10.7 Å². The minimum atomic E-state index is -0.192. The zero-order valence-corrected chi connectivity index (χ0v) is 13.6. The van der Waals surface area contributed by atoms with Gasteiger partial charge in [-0.2, -0.15) is 5.10 Å². The van der Waals surface area contributed by atoms with Crippen molar-refractivity contribution in [3.05, 3.63) is 45.7 Å². The van der Waals surface area contributed by atoms with Crippen LogP contribution < -0.4 is 0 Å². The number of aliphatic hydroxyl groups is 1. The van der Waals surface area contributed by atoms with E-state index in [2.05, 4.69) is 10.00 Å². The van der Waals surface area contributed by atoms with Gasteiger partial charge >= 0.3 is 0 Å². The molecule has 0 radical (unpaired) electrons. The molecule has 0 saturated heterocycles. The van der Waals surface area contributed by atoms with Gasteiger partial charge in [0, 0.05) is 19.1 Å². The highest BCUT2D eigenvalue weighted by Gasteiger charge is 2.28. The van der Waals surface area contributed by atoms with Crippen molar-refractivity contribution in [3.8, 4) is 0 Å². The zero-order valence-electron chi connectivity index (χ0n) is 12.8. The second-order valence-corrected chi connectivity index (χ2v) is 6.68.